The number of alkyl carbamates (subject to hydrolysis) is 1. The maximum absolute atomic E-state index is 12.6. The maximum atomic E-state index is 12.6. The third-order valence-corrected chi connectivity index (χ3v) is 5.37. The Balaban J connectivity index is 1.94. The van der Waals surface area contributed by atoms with E-state index in [0.29, 0.717) is 24.4 Å². The fourth-order valence-electron chi connectivity index (χ4n) is 2.47. The van der Waals surface area contributed by atoms with Crippen molar-refractivity contribution in [1.29, 1.82) is 0 Å². The van der Waals surface area contributed by atoms with Gasteiger partial charge < -0.3 is 15.4 Å². The first-order valence-electron chi connectivity index (χ1n) is 8.89. The van der Waals surface area contributed by atoms with Gasteiger partial charge in [-0.25, -0.2) is 22.9 Å². The van der Waals surface area contributed by atoms with Gasteiger partial charge in [0, 0.05) is 17.5 Å². The number of nitrogens with zero attached hydrogens (tertiary/aromatic N) is 1. The van der Waals surface area contributed by atoms with Crippen LogP contribution in [0.2, 0.25) is 0 Å². The zero-order valence-corrected chi connectivity index (χ0v) is 17.8. The topological polar surface area (TPSA) is 126 Å². The van der Waals surface area contributed by atoms with E-state index in [0.717, 1.165) is 17.5 Å². The average Bonchev–Trinajstić information content (AvgIpc) is 3.14. The monoisotopic (exact) mass is 440 g/mol. The second-order valence-electron chi connectivity index (χ2n) is 6.24. The van der Waals surface area contributed by atoms with E-state index in [1.807, 2.05) is 35.7 Å². The molecule has 2 aromatic rings. The summed E-state index contributed by atoms with van der Waals surface area (Å²) in [4.78, 5) is 28.6. The first kappa shape index (κ1) is 22.8. The molecule has 0 aliphatic carbocycles. The Morgan fingerprint density at radius 3 is 2.59 bits per heavy atom. The Morgan fingerprint density at radius 1 is 1.21 bits per heavy atom. The predicted octanol–water partition coefficient (Wildman–Crippen LogP) is 2.19. The summed E-state index contributed by atoms with van der Waals surface area (Å²) in [6.45, 7) is 0.262. The van der Waals surface area contributed by atoms with Gasteiger partial charge in [0.05, 0.1) is 19.1 Å². The fourth-order valence-corrected chi connectivity index (χ4v) is 3.70. The van der Waals surface area contributed by atoms with Gasteiger partial charge in [0.25, 0.3) is 0 Å². The van der Waals surface area contributed by atoms with E-state index in [2.05, 4.69) is 25.1 Å². The van der Waals surface area contributed by atoms with Gasteiger partial charge in [0.15, 0.2) is 5.13 Å². The molecule has 0 saturated carbocycles. The number of methoxy groups -OCH3 is 1. The van der Waals surface area contributed by atoms with Crippen molar-refractivity contribution in [3.05, 3.63) is 35.7 Å². The summed E-state index contributed by atoms with van der Waals surface area (Å²) in [5, 5.41) is 7.47. The van der Waals surface area contributed by atoms with E-state index in [-0.39, 0.29) is 6.54 Å². The van der Waals surface area contributed by atoms with Gasteiger partial charge in [-0.1, -0.05) is 30.3 Å². The summed E-state index contributed by atoms with van der Waals surface area (Å²) in [6, 6.07) is 8.74. The fraction of sp³-hybridized carbons (Fsp3) is 0.389. The molecule has 0 aliphatic rings. The molecule has 1 heterocycles. The highest BCUT2D eigenvalue weighted by molar-refractivity contribution is 7.88. The minimum absolute atomic E-state index is 0.262. The van der Waals surface area contributed by atoms with Gasteiger partial charge in [-0.3, -0.25) is 4.79 Å². The quantitative estimate of drug-likeness (QED) is 0.486. The van der Waals surface area contributed by atoms with Gasteiger partial charge in [0.2, 0.25) is 15.9 Å². The van der Waals surface area contributed by atoms with Crippen LogP contribution < -0.4 is 15.4 Å². The standard InChI is InChI=1S/C18H24N4O5S2/c1-27-18(24)21-14(10-6-7-11-19-29(2,25)26)16(23)22-17-20-15(12-28-17)13-8-4-3-5-9-13/h3-5,8-9,12,14,19H,6-7,10-11H2,1-2H3,(H,21,24)(H,20,22,23)/t14-/m0/s1. The number of hydrogen-bond donors (Lipinski definition) is 3. The number of nitrogens with one attached hydrogen (secondary N) is 3. The summed E-state index contributed by atoms with van der Waals surface area (Å²) in [5.74, 6) is -0.416. The second kappa shape index (κ2) is 10.9. The van der Waals surface area contributed by atoms with Gasteiger partial charge in [-0.2, -0.15) is 0 Å². The van der Waals surface area contributed by atoms with Gasteiger partial charge in [-0.15, -0.1) is 11.3 Å². The largest absolute Gasteiger partial charge is 0.453 e. The van der Waals surface area contributed by atoms with Crippen molar-refractivity contribution in [2.75, 3.05) is 25.2 Å². The molecule has 1 atom stereocenters. The molecule has 158 valence electrons. The van der Waals surface area contributed by atoms with Crippen LogP contribution in [0.3, 0.4) is 0 Å². The van der Waals surface area contributed by atoms with Gasteiger partial charge in [-0.05, 0) is 19.3 Å². The van der Waals surface area contributed by atoms with Crippen molar-refractivity contribution >= 4 is 38.5 Å². The Morgan fingerprint density at radius 2 is 1.93 bits per heavy atom. The van der Waals surface area contributed by atoms with Crippen LogP contribution in [0.1, 0.15) is 19.3 Å². The lowest BCUT2D eigenvalue weighted by Gasteiger charge is -2.16. The molecule has 11 heteroatoms. The Hall–Kier alpha value is -2.50. The molecule has 0 radical (unpaired) electrons. The first-order chi connectivity index (χ1) is 13.8. The average molecular weight is 441 g/mol. The molecule has 2 amide bonds. The third kappa shape index (κ3) is 8.18. The summed E-state index contributed by atoms with van der Waals surface area (Å²) in [7, 11) is -2.04. The van der Waals surface area contributed by atoms with Crippen molar-refractivity contribution in [3.63, 3.8) is 0 Å². The summed E-state index contributed by atoms with van der Waals surface area (Å²) < 4.78 is 29.1. The second-order valence-corrected chi connectivity index (χ2v) is 8.94. The van der Waals surface area contributed by atoms with Gasteiger partial charge in [0.1, 0.15) is 6.04 Å². The summed E-state index contributed by atoms with van der Waals surface area (Å²) >= 11 is 1.29. The van der Waals surface area contributed by atoms with E-state index >= 15 is 0 Å². The van der Waals surface area contributed by atoms with E-state index in [4.69, 9.17) is 0 Å². The number of aromatic nitrogens is 1. The Kier molecular flexibility index (Phi) is 8.55. The number of thiazole rings is 1. The van der Waals surface area contributed by atoms with Crippen molar-refractivity contribution in [2.24, 2.45) is 0 Å². The lowest BCUT2D eigenvalue weighted by molar-refractivity contribution is -0.118. The number of hydrogen-bond acceptors (Lipinski definition) is 7. The van der Waals surface area contributed by atoms with Crippen LogP contribution in [0.15, 0.2) is 35.7 Å². The number of ether oxygens (including phenoxy) is 1. The maximum Gasteiger partial charge on any atom is 0.407 e. The number of carbonyl (C=O) groups is 2. The molecule has 9 nitrogen and oxygen atoms in total. The van der Waals surface area contributed by atoms with Crippen molar-refractivity contribution in [3.8, 4) is 11.3 Å². The molecule has 3 N–H and O–H groups in total. The molecule has 0 saturated heterocycles. The van der Waals surface area contributed by atoms with Crippen molar-refractivity contribution in [2.45, 2.75) is 25.3 Å². The molecule has 0 fully saturated rings. The zero-order chi connectivity index (χ0) is 21.3. The van der Waals surface area contributed by atoms with Crippen LogP contribution in [0.25, 0.3) is 11.3 Å². The van der Waals surface area contributed by atoms with Crippen LogP contribution in [-0.2, 0) is 19.6 Å². The number of amides is 2. The Labute approximate surface area is 173 Å². The predicted molar refractivity (Wildman–Crippen MR) is 112 cm³/mol. The number of rotatable bonds is 10. The minimum atomic E-state index is -3.25. The first-order valence-corrected chi connectivity index (χ1v) is 11.7. The number of unbranched alkanes of at least 4 members (excludes halogenated alkanes) is 1. The summed E-state index contributed by atoms with van der Waals surface area (Å²) in [6.07, 6.45) is 1.74. The van der Waals surface area contributed by atoms with Crippen molar-refractivity contribution in [1.82, 2.24) is 15.0 Å². The van der Waals surface area contributed by atoms with Crippen LogP contribution in [0.5, 0.6) is 0 Å². The van der Waals surface area contributed by atoms with E-state index < -0.39 is 28.1 Å². The molecule has 1 aromatic carbocycles. The zero-order valence-electron chi connectivity index (χ0n) is 16.2. The van der Waals surface area contributed by atoms with Crippen molar-refractivity contribution < 1.29 is 22.7 Å². The Bertz CT molecular complexity index is 915. The SMILES string of the molecule is COC(=O)N[C@@H](CCCCNS(C)(=O)=O)C(=O)Nc1nc(-c2ccccc2)cs1. The normalized spacial score (nSPS) is 12.2. The number of sulfonamides is 1. The van der Waals surface area contributed by atoms with E-state index in [1.165, 1.54) is 18.4 Å². The van der Waals surface area contributed by atoms with Crippen LogP contribution in [0, 0.1) is 0 Å². The van der Waals surface area contributed by atoms with Gasteiger partial charge >= 0.3 is 6.09 Å². The van der Waals surface area contributed by atoms with Crippen LogP contribution >= 0.6 is 11.3 Å². The third-order valence-electron chi connectivity index (χ3n) is 3.88. The molecular formula is C18H24N4O5S2. The molecule has 0 spiro atoms. The lowest BCUT2D eigenvalue weighted by Crippen LogP contribution is -2.43. The molecule has 1 aromatic heterocycles. The van der Waals surface area contributed by atoms with E-state index in [1.54, 1.807) is 0 Å². The highest BCUT2D eigenvalue weighted by Crippen LogP contribution is 2.24. The molecule has 29 heavy (non-hydrogen) atoms. The van der Waals surface area contributed by atoms with Crippen LogP contribution in [-0.4, -0.2) is 51.4 Å². The molecule has 0 bridgehead atoms. The highest BCUT2D eigenvalue weighted by Gasteiger charge is 2.22. The molecule has 0 unspecified atom stereocenters. The minimum Gasteiger partial charge on any atom is -0.453 e. The lowest BCUT2D eigenvalue weighted by atomic mass is 10.1. The highest BCUT2D eigenvalue weighted by atomic mass is 32.2. The number of benzene rings is 1. The smallest absolute Gasteiger partial charge is 0.407 e. The number of carbonyl (C=O) groups excluding carboxylic acids is 2. The van der Waals surface area contributed by atoms with Crippen LogP contribution in [0.4, 0.5) is 9.93 Å². The summed E-state index contributed by atoms with van der Waals surface area (Å²) in [5.41, 5.74) is 1.68. The molecular weight excluding hydrogens is 416 g/mol. The molecule has 0 aliphatic heterocycles. The molecule has 2 rings (SSSR count). The van der Waals surface area contributed by atoms with E-state index in [9.17, 15) is 18.0 Å². The number of anilines is 1.